The van der Waals surface area contributed by atoms with Crippen molar-refractivity contribution in [2.24, 2.45) is 5.92 Å². The third kappa shape index (κ3) is 2.87. The molecule has 1 N–H and O–H groups in total. The second kappa shape index (κ2) is 6.69. The number of hydrogen-bond donors (Lipinski definition) is 1. The predicted octanol–water partition coefficient (Wildman–Crippen LogP) is 5.63. The Kier molecular flexibility index (Phi) is 4.44. The molecular formula is C22H20F3NO2. The van der Waals surface area contributed by atoms with Crippen molar-refractivity contribution in [1.82, 2.24) is 0 Å². The minimum Gasteiger partial charge on any atom is -0.465 e. The fourth-order valence-electron chi connectivity index (χ4n) is 4.48. The molecule has 0 spiro atoms. The van der Waals surface area contributed by atoms with Crippen molar-refractivity contribution in [3.63, 3.8) is 0 Å². The van der Waals surface area contributed by atoms with Crippen molar-refractivity contribution in [3.05, 3.63) is 76.4 Å². The number of nitrogens with one attached hydrogen (secondary N) is 1. The van der Waals surface area contributed by atoms with Gasteiger partial charge in [-0.2, -0.15) is 13.2 Å². The zero-order chi connectivity index (χ0) is 20.1. The Hall–Kier alpha value is -2.76. The molecule has 0 saturated carbocycles. The number of anilines is 1. The maximum atomic E-state index is 13.6. The van der Waals surface area contributed by atoms with Gasteiger partial charge in [-0.25, -0.2) is 4.79 Å². The molecule has 0 saturated heterocycles. The Balaban J connectivity index is 1.89. The van der Waals surface area contributed by atoms with E-state index < -0.39 is 23.8 Å². The lowest BCUT2D eigenvalue weighted by atomic mass is 9.74. The van der Waals surface area contributed by atoms with Crippen LogP contribution in [-0.4, -0.2) is 13.1 Å². The summed E-state index contributed by atoms with van der Waals surface area (Å²) in [5.74, 6) is -0.691. The second-order valence-electron chi connectivity index (χ2n) is 7.27. The Bertz CT molecular complexity index is 965. The standard InChI is InChI=1S/C22H20F3NO2/c1-12-10-11-16(21(27)28-2)18-13-7-5-8-14(13)20(26-19(12)18)15-6-3-4-9-17(15)22(23,24)25/h3-7,9-11,13-14,20,26H,8H2,1-2H3/t13-,14-,20+/m1/s1. The molecule has 0 bridgehead atoms. The van der Waals surface area contributed by atoms with E-state index in [-0.39, 0.29) is 17.4 Å². The summed E-state index contributed by atoms with van der Waals surface area (Å²) in [6.45, 7) is 1.89. The predicted molar refractivity (Wildman–Crippen MR) is 100 cm³/mol. The molecule has 0 aromatic heterocycles. The zero-order valence-corrected chi connectivity index (χ0v) is 15.5. The molecule has 0 amide bonds. The Morgan fingerprint density at radius 2 is 1.93 bits per heavy atom. The summed E-state index contributed by atoms with van der Waals surface area (Å²) in [5, 5.41) is 3.34. The molecule has 2 aliphatic rings. The van der Waals surface area contributed by atoms with Gasteiger partial charge in [0.1, 0.15) is 0 Å². The molecule has 1 aliphatic carbocycles. The SMILES string of the molecule is COC(=O)c1ccc(C)c2c1[C@@H]1C=CC[C@H]1[C@@H](c1ccccc1C(F)(F)F)N2. The summed E-state index contributed by atoms with van der Waals surface area (Å²) in [4.78, 5) is 12.3. The minimum atomic E-state index is -4.43. The van der Waals surface area contributed by atoms with Crippen LogP contribution < -0.4 is 5.32 Å². The highest BCUT2D eigenvalue weighted by Crippen LogP contribution is 2.53. The number of halogens is 3. The molecule has 3 atom stereocenters. The van der Waals surface area contributed by atoms with Crippen molar-refractivity contribution in [1.29, 1.82) is 0 Å². The van der Waals surface area contributed by atoms with Gasteiger partial charge in [0.25, 0.3) is 0 Å². The number of aryl methyl sites for hydroxylation is 1. The molecule has 146 valence electrons. The molecule has 4 rings (SSSR count). The van der Waals surface area contributed by atoms with Crippen LogP contribution in [0, 0.1) is 12.8 Å². The van der Waals surface area contributed by atoms with Crippen molar-refractivity contribution >= 4 is 11.7 Å². The maximum Gasteiger partial charge on any atom is 0.416 e. The number of carbonyl (C=O) groups is 1. The quantitative estimate of drug-likeness (QED) is 0.536. The summed E-state index contributed by atoms with van der Waals surface area (Å²) < 4.78 is 45.8. The van der Waals surface area contributed by atoms with Gasteiger partial charge in [-0.1, -0.05) is 36.4 Å². The third-order valence-corrected chi connectivity index (χ3v) is 5.73. The topological polar surface area (TPSA) is 38.3 Å². The van der Waals surface area contributed by atoms with Crippen LogP contribution in [0.2, 0.25) is 0 Å². The number of alkyl halides is 3. The van der Waals surface area contributed by atoms with E-state index in [1.165, 1.54) is 13.2 Å². The number of methoxy groups -OCH3 is 1. The highest BCUT2D eigenvalue weighted by molar-refractivity contribution is 5.94. The maximum absolute atomic E-state index is 13.6. The Labute approximate surface area is 161 Å². The normalized spacial score (nSPS) is 23.0. The lowest BCUT2D eigenvalue weighted by Crippen LogP contribution is -2.32. The molecule has 2 aromatic carbocycles. The smallest absolute Gasteiger partial charge is 0.416 e. The zero-order valence-electron chi connectivity index (χ0n) is 15.5. The largest absolute Gasteiger partial charge is 0.465 e. The molecule has 2 aromatic rings. The number of ether oxygens (including phenoxy) is 1. The Morgan fingerprint density at radius 3 is 2.64 bits per heavy atom. The van der Waals surface area contributed by atoms with Crippen LogP contribution in [0.25, 0.3) is 0 Å². The molecule has 0 unspecified atom stereocenters. The number of hydrogen-bond acceptors (Lipinski definition) is 3. The number of fused-ring (bicyclic) bond motifs is 3. The molecule has 1 heterocycles. The lowest BCUT2D eigenvalue weighted by Gasteiger charge is -2.39. The van der Waals surface area contributed by atoms with Crippen LogP contribution in [-0.2, 0) is 10.9 Å². The van der Waals surface area contributed by atoms with Crippen LogP contribution in [0.5, 0.6) is 0 Å². The first-order valence-corrected chi connectivity index (χ1v) is 9.14. The van der Waals surface area contributed by atoms with E-state index in [2.05, 4.69) is 5.32 Å². The van der Waals surface area contributed by atoms with E-state index in [0.717, 1.165) is 22.9 Å². The molecule has 3 nitrogen and oxygen atoms in total. The summed E-state index contributed by atoms with van der Waals surface area (Å²) in [6.07, 6.45) is 0.198. The van der Waals surface area contributed by atoms with Gasteiger partial charge in [0.05, 0.1) is 24.3 Å². The first-order valence-electron chi connectivity index (χ1n) is 9.14. The Morgan fingerprint density at radius 1 is 1.18 bits per heavy atom. The summed E-state index contributed by atoms with van der Waals surface area (Å²) >= 11 is 0. The van der Waals surface area contributed by atoms with Crippen LogP contribution in [0.1, 0.15) is 51.0 Å². The lowest BCUT2D eigenvalue weighted by molar-refractivity contribution is -0.138. The summed E-state index contributed by atoms with van der Waals surface area (Å²) in [6, 6.07) is 8.74. The third-order valence-electron chi connectivity index (χ3n) is 5.73. The van der Waals surface area contributed by atoms with E-state index in [9.17, 15) is 18.0 Å². The highest BCUT2D eigenvalue weighted by atomic mass is 19.4. The molecule has 1 aliphatic heterocycles. The fourth-order valence-corrected chi connectivity index (χ4v) is 4.48. The molecule has 0 radical (unpaired) electrons. The second-order valence-corrected chi connectivity index (χ2v) is 7.27. The average molecular weight is 387 g/mol. The van der Waals surface area contributed by atoms with E-state index in [0.29, 0.717) is 12.0 Å². The minimum absolute atomic E-state index is 0.110. The van der Waals surface area contributed by atoms with E-state index in [1.54, 1.807) is 24.3 Å². The van der Waals surface area contributed by atoms with Crippen LogP contribution >= 0.6 is 0 Å². The van der Waals surface area contributed by atoms with E-state index in [1.807, 2.05) is 19.1 Å². The van der Waals surface area contributed by atoms with Gasteiger partial charge in [0.2, 0.25) is 0 Å². The van der Waals surface area contributed by atoms with E-state index in [4.69, 9.17) is 4.74 Å². The summed E-state index contributed by atoms with van der Waals surface area (Å²) in [7, 11) is 1.33. The first-order chi connectivity index (χ1) is 13.3. The van der Waals surface area contributed by atoms with Gasteiger partial charge >= 0.3 is 12.1 Å². The highest BCUT2D eigenvalue weighted by Gasteiger charge is 2.44. The van der Waals surface area contributed by atoms with Crippen LogP contribution in [0.3, 0.4) is 0 Å². The number of carbonyl (C=O) groups excluding carboxylic acids is 1. The van der Waals surface area contributed by atoms with Crippen LogP contribution in [0.4, 0.5) is 18.9 Å². The van der Waals surface area contributed by atoms with Crippen molar-refractivity contribution in [3.8, 4) is 0 Å². The first kappa shape index (κ1) is 18.6. The van der Waals surface area contributed by atoms with Gasteiger partial charge in [-0.15, -0.1) is 0 Å². The van der Waals surface area contributed by atoms with Gasteiger partial charge in [-0.05, 0) is 48.1 Å². The summed E-state index contributed by atoms with van der Waals surface area (Å²) in [5.41, 5.74) is 2.49. The van der Waals surface area contributed by atoms with Crippen molar-refractivity contribution < 1.29 is 22.7 Å². The molecule has 28 heavy (non-hydrogen) atoms. The van der Waals surface area contributed by atoms with Gasteiger partial charge < -0.3 is 10.1 Å². The fraction of sp³-hybridized carbons (Fsp3) is 0.318. The average Bonchev–Trinajstić information content (AvgIpc) is 3.16. The van der Waals surface area contributed by atoms with Gasteiger partial charge in [0.15, 0.2) is 0 Å². The molecule has 6 heteroatoms. The van der Waals surface area contributed by atoms with Gasteiger partial charge in [0, 0.05) is 11.6 Å². The number of allylic oxidation sites excluding steroid dienone is 2. The van der Waals surface area contributed by atoms with E-state index >= 15 is 0 Å². The van der Waals surface area contributed by atoms with Crippen molar-refractivity contribution in [2.45, 2.75) is 31.5 Å². The number of benzene rings is 2. The molecular weight excluding hydrogens is 367 g/mol. The number of esters is 1. The van der Waals surface area contributed by atoms with Crippen LogP contribution in [0.15, 0.2) is 48.6 Å². The van der Waals surface area contributed by atoms with Crippen molar-refractivity contribution in [2.75, 3.05) is 12.4 Å². The number of rotatable bonds is 2. The van der Waals surface area contributed by atoms with Gasteiger partial charge in [-0.3, -0.25) is 0 Å². The monoisotopic (exact) mass is 387 g/mol. The molecule has 0 fully saturated rings.